The molecule has 1 aromatic heterocycles. The van der Waals surface area contributed by atoms with Gasteiger partial charge in [-0.1, -0.05) is 6.08 Å². The van der Waals surface area contributed by atoms with Gasteiger partial charge in [0.1, 0.15) is 0 Å². The van der Waals surface area contributed by atoms with Gasteiger partial charge in [0.2, 0.25) is 5.91 Å². The summed E-state index contributed by atoms with van der Waals surface area (Å²) in [6.45, 7) is 7.00. The van der Waals surface area contributed by atoms with Gasteiger partial charge < -0.3 is 20.7 Å². The minimum absolute atomic E-state index is 0.130. The summed E-state index contributed by atoms with van der Waals surface area (Å²) in [7, 11) is 0. The van der Waals surface area contributed by atoms with Gasteiger partial charge in [-0.15, -0.1) is 17.9 Å². The summed E-state index contributed by atoms with van der Waals surface area (Å²) >= 11 is 1.26. The first-order chi connectivity index (χ1) is 12.9. The predicted octanol–water partition coefficient (Wildman–Crippen LogP) is 2.88. The minimum atomic E-state index is -1.00. The van der Waals surface area contributed by atoms with Gasteiger partial charge in [0.05, 0.1) is 0 Å². The lowest BCUT2D eigenvalue weighted by molar-refractivity contribution is -0.123. The molecule has 142 valence electrons. The Bertz CT molecular complexity index is 832. The van der Waals surface area contributed by atoms with E-state index in [9.17, 15) is 14.4 Å². The van der Waals surface area contributed by atoms with Crippen LogP contribution in [0, 0.1) is 0 Å². The van der Waals surface area contributed by atoms with E-state index < -0.39 is 18.0 Å². The molecule has 0 aliphatic rings. The van der Waals surface area contributed by atoms with Gasteiger partial charge in [0, 0.05) is 30.2 Å². The van der Waals surface area contributed by atoms with E-state index in [1.54, 1.807) is 35.7 Å². The fourth-order valence-electron chi connectivity index (χ4n) is 1.97. The number of thiazole rings is 1. The molecule has 0 aliphatic heterocycles. The molecule has 2 aromatic rings. The topological polar surface area (TPSA) is 109 Å². The lowest BCUT2D eigenvalue weighted by Crippen LogP contribution is -2.30. The van der Waals surface area contributed by atoms with E-state index in [-0.39, 0.29) is 11.6 Å². The first kappa shape index (κ1) is 20.1. The molecule has 3 N–H and O–H groups in total. The van der Waals surface area contributed by atoms with Gasteiger partial charge in [-0.3, -0.25) is 9.59 Å². The lowest BCUT2D eigenvalue weighted by Gasteiger charge is -2.13. The molecule has 2 rings (SSSR count). The van der Waals surface area contributed by atoms with Crippen LogP contribution in [0.2, 0.25) is 0 Å². The summed E-state index contributed by atoms with van der Waals surface area (Å²) < 4.78 is 5.15. The van der Waals surface area contributed by atoms with Crippen LogP contribution < -0.4 is 16.0 Å². The monoisotopic (exact) mass is 388 g/mol. The van der Waals surface area contributed by atoms with Crippen LogP contribution >= 0.6 is 11.3 Å². The number of aromatic nitrogens is 1. The maximum atomic E-state index is 12.2. The van der Waals surface area contributed by atoms with E-state index in [1.807, 2.05) is 0 Å². The van der Waals surface area contributed by atoms with Gasteiger partial charge in [-0.05, 0) is 31.2 Å². The maximum Gasteiger partial charge on any atom is 0.358 e. The standard InChI is InChI=1S/C18H20N4O4S/c1-4-9-19-18-22-15(10-27-18)17(25)26-11(2)16(24)21-14-7-5-13(6-8-14)20-12(3)23/h4-8,10-11H,1,9H2,2-3H3,(H,19,22)(H,20,23)(H,21,24). The molecule has 0 aliphatic carbocycles. The number of carbonyl (C=O) groups is 3. The van der Waals surface area contributed by atoms with Crippen LogP contribution in [0.4, 0.5) is 16.5 Å². The van der Waals surface area contributed by atoms with Crippen LogP contribution in [0.25, 0.3) is 0 Å². The molecule has 9 heteroatoms. The van der Waals surface area contributed by atoms with Crippen molar-refractivity contribution < 1.29 is 19.1 Å². The number of esters is 1. The number of rotatable bonds is 8. The van der Waals surface area contributed by atoms with Crippen molar-refractivity contribution in [3.8, 4) is 0 Å². The SMILES string of the molecule is C=CCNc1nc(C(=O)OC(C)C(=O)Nc2ccc(NC(C)=O)cc2)cs1. The Balaban J connectivity index is 1.89. The van der Waals surface area contributed by atoms with Crippen LogP contribution in [0.5, 0.6) is 0 Å². The zero-order valence-electron chi connectivity index (χ0n) is 14.9. The fourth-order valence-corrected chi connectivity index (χ4v) is 2.66. The van der Waals surface area contributed by atoms with Crippen molar-refractivity contribution in [3.05, 3.63) is 48.0 Å². The second kappa shape index (κ2) is 9.48. The van der Waals surface area contributed by atoms with Crippen LogP contribution in [0.1, 0.15) is 24.3 Å². The molecule has 1 heterocycles. The number of hydrogen-bond acceptors (Lipinski definition) is 7. The largest absolute Gasteiger partial charge is 0.448 e. The molecule has 2 amide bonds. The number of carbonyl (C=O) groups excluding carboxylic acids is 3. The maximum absolute atomic E-state index is 12.2. The van der Waals surface area contributed by atoms with E-state index in [1.165, 1.54) is 25.2 Å². The Hall–Kier alpha value is -3.20. The average molecular weight is 388 g/mol. The van der Waals surface area contributed by atoms with Gasteiger partial charge in [-0.25, -0.2) is 9.78 Å². The minimum Gasteiger partial charge on any atom is -0.448 e. The average Bonchev–Trinajstić information content (AvgIpc) is 3.10. The van der Waals surface area contributed by atoms with Crippen molar-refractivity contribution in [3.63, 3.8) is 0 Å². The molecule has 1 aromatic carbocycles. The summed E-state index contributed by atoms with van der Waals surface area (Å²) in [6.07, 6.45) is 0.674. The first-order valence-electron chi connectivity index (χ1n) is 8.09. The molecule has 0 spiro atoms. The Morgan fingerprint density at radius 1 is 1.22 bits per heavy atom. The molecule has 0 bridgehead atoms. The normalized spacial score (nSPS) is 11.2. The van der Waals surface area contributed by atoms with Gasteiger partial charge >= 0.3 is 5.97 Å². The highest BCUT2D eigenvalue weighted by Crippen LogP contribution is 2.17. The molecule has 0 saturated carbocycles. The molecule has 0 fully saturated rings. The van der Waals surface area contributed by atoms with E-state index >= 15 is 0 Å². The molecule has 1 atom stereocenters. The summed E-state index contributed by atoms with van der Waals surface area (Å²) in [5, 5.41) is 10.4. The van der Waals surface area contributed by atoms with Crippen molar-refractivity contribution >= 4 is 45.6 Å². The molecule has 0 saturated heterocycles. The third kappa shape index (κ3) is 6.23. The van der Waals surface area contributed by atoms with Crippen molar-refractivity contribution in [1.82, 2.24) is 4.98 Å². The number of ether oxygens (including phenoxy) is 1. The lowest BCUT2D eigenvalue weighted by atomic mass is 10.2. The number of anilines is 3. The second-order valence-corrected chi connectivity index (χ2v) is 6.36. The number of nitrogens with zero attached hydrogens (tertiary/aromatic N) is 1. The zero-order valence-corrected chi connectivity index (χ0v) is 15.8. The third-order valence-corrected chi connectivity index (χ3v) is 4.04. The van der Waals surface area contributed by atoms with Crippen molar-refractivity contribution in [2.45, 2.75) is 20.0 Å². The van der Waals surface area contributed by atoms with Gasteiger partial charge in [-0.2, -0.15) is 0 Å². The quantitative estimate of drug-likeness (QED) is 0.474. The number of amides is 2. The van der Waals surface area contributed by atoms with Crippen LogP contribution in [0.3, 0.4) is 0 Å². The molecule has 8 nitrogen and oxygen atoms in total. The summed E-state index contributed by atoms with van der Waals surface area (Å²) in [5.74, 6) is -1.34. The summed E-state index contributed by atoms with van der Waals surface area (Å²) in [5.41, 5.74) is 1.26. The smallest absolute Gasteiger partial charge is 0.358 e. The Morgan fingerprint density at radius 3 is 2.44 bits per heavy atom. The molecular weight excluding hydrogens is 368 g/mol. The van der Waals surface area contributed by atoms with Gasteiger partial charge in [0.15, 0.2) is 16.9 Å². The summed E-state index contributed by atoms with van der Waals surface area (Å²) in [6, 6.07) is 6.58. The highest BCUT2D eigenvalue weighted by Gasteiger charge is 2.21. The van der Waals surface area contributed by atoms with Gasteiger partial charge in [0.25, 0.3) is 5.91 Å². The van der Waals surface area contributed by atoms with Crippen LogP contribution in [-0.4, -0.2) is 35.4 Å². The first-order valence-corrected chi connectivity index (χ1v) is 8.97. The van der Waals surface area contributed by atoms with E-state index in [0.717, 1.165) is 0 Å². The zero-order chi connectivity index (χ0) is 19.8. The van der Waals surface area contributed by atoms with E-state index in [2.05, 4.69) is 27.5 Å². The van der Waals surface area contributed by atoms with Crippen LogP contribution in [-0.2, 0) is 14.3 Å². The van der Waals surface area contributed by atoms with E-state index in [0.29, 0.717) is 23.1 Å². The second-order valence-electron chi connectivity index (χ2n) is 5.50. The number of hydrogen-bond donors (Lipinski definition) is 3. The number of benzene rings is 1. The van der Waals surface area contributed by atoms with Crippen molar-refractivity contribution in [2.24, 2.45) is 0 Å². The number of nitrogens with one attached hydrogen (secondary N) is 3. The Labute approximate surface area is 160 Å². The Morgan fingerprint density at radius 2 is 1.85 bits per heavy atom. The fraction of sp³-hybridized carbons (Fsp3) is 0.222. The van der Waals surface area contributed by atoms with E-state index in [4.69, 9.17) is 4.74 Å². The third-order valence-electron chi connectivity index (χ3n) is 3.24. The predicted molar refractivity (Wildman–Crippen MR) is 105 cm³/mol. The highest BCUT2D eigenvalue weighted by molar-refractivity contribution is 7.13. The molecular formula is C18H20N4O4S. The molecule has 1 unspecified atom stereocenters. The van der Waals surface area contributed by atoms with Crippen LogP contribution in [0.15, 0.2) is 42.3 Å². The van der Waals surface area contributed by atoms with Crippen molar-refractivity contribution in [1.29, 1.82) is 0 Å². The summed E-state index contributed by atoms with van der Waals surface area (Å²) in [4.78, 5) is 39.4. The molecule has 27 heavy (non-hydrogen) atoms. The Kier molecular flexibility index (Phi) is 7.07. The molecule has 0 radical (unpaired) electrons. The van der Waals surface area contributed by atoms with Crippen molar-refractivity contribution in [2.75, 3.05) is 22.5 Å². The highest BCUT2D eigenvalue weighted by atomic mass is 32.1.